The summed E-state index contributed by atoms with van der Waals surface area (Å²) in [7, 11) is 0. The average Bonchev–Trinajstić information content (AvgIpc) is 2.65. The van der Waals surface area contributed by atoms with E-state index in [1.165, 1.54) is 4.90 Å². The summed E-state index contributed by atoms with van der Waals surface area (Å²) in [4.78, 5) is 25.1. The Balaban J connectivity index is 2.17. The summed E-state index contributed by atoms with van der Waals surface area (Å²) in [6, 6.07) is -0.673. The molecule has 3 atom stereocenters. The third-order valence-electron chi connectivity index (χ3n) is 3.98. The van der Waals surface area contributed by atoms with Gasteiger partial charge in [-0.1, -0.05) is 12.8 Å². The highest BCUT2D eigenvalue weighted by atomic mass is 16.6. The second-order valence-corrected chi connectivity index (χ2v) is 6.59. The fourth-order valence-electron chi connectivity index (χ4n) is 3.26. The molecule has 2 rings (SSSR count). The molecule has 0 aromatic carbocycles. The molecule has 1 heterocycles. The Hall–Kier alpha value is -1.26. The van der Waals surface area contributed by atoms with E-state index in [4.69, 9.17) is 4.74 Å². The summed E-state index contributed by atoms with van der Waals surface area (Å²) in [5.41, 5.74) is -0.590. The van der Waals surface area contributed by atoms with Crippen molar-refractivity contribution in [2.45, 2.75) is 70.6 Å². The molecule has 0 bridgehead atoms. The van der Waals surface area contributed by atoms with Gasteiger partial charge >= 0.3 is 12.1 Å². The topological polar surface area (TPSA) is 66.8 Å². The highest BCUT2D eigenvalue weighted by molar-refractivity contribution is 5.81. The predicted molar refractivity (Wildman–Crippen MR) is 69.9 cm³/mol. The molecular formula is C14H23NO4. The number of aliphatic carboxylic acids is 1. The van der Waals surface area contributed by atoms with Crippen LogP contribution in [0.25, 0.3) is 0 Å². The molecule has 1 saturated heterocycles. The summed E-state index contributed by atoms with van der Waals surface area (Å²) in [5.74, 6) is -0.595. The van der Waals surface area contributed by atoms with Crippen LogP contribution in [0.15, 0.2) is 0 Å². The Labute approximate surface area is 113 Å². The zero-order valence-electron chi connectivity index (χ0n) is 11.9. The molecule has 0 aromatic heterocycles. The molecule has 5 nitrogen and oxygen atoms in total. The van der Waals surface area contributed by atoms with Crippen molar-refractivity contribution < 1.29 is 19.4 Å². The zero-order valence-corrected chi connectivity index (χ0v) is 11.9. The minimum atomic E-state index is -0.916. The van der Waals surface area contributed by atoms with Gasteiger partial charge in [0.15, 0.2) is 0 Å². The summed E-state index contributed by atoms with van der Waals surface area (Å²) in [5, 5.41) is 9.33. The van der Waals surface area contributed by atoms with Crippen LogP contribution in [0.1, 0.15) is 52.9 Å². The quantitative estimate of drug-likeness (QED) is 0.794. The van der Waals surface area contributed by atoms with Crippen molar-refractivity contribution in [2.75, 3.05) is 0 Å². The molecule has 1 aliphatic heterocycles. The van der Waals surface area contributed by atoms with E-state index in [0.29, 0.717) is 12.3 Å². The van der Waals surface area contributed by atoms with Crippen molar-refractivity contribution >= 4 is 12.1 Å². The Morgan fingerprint density at radius 3 is 2.42 bits per heavy atom. The number of carboxylic acids is 1. The molecule has 0 unspecified atom stereocenters. The SMILES string of the molecule is CC(C)(C)OC(=O)N1[C@H](C(=O)O)C[C@H]2CCCC[C@@H]21. The average molecular weight is 269 g/mol. The number of nitrogens with zero attached hydrogens (tertiary/aromatic N) is 1. The van der Waals surface area contributed by atoms with E-state index in [2.05, 4.69) is 0 Å². The lowest BCUT2D eigenvalue weighted by atomic mass is 9.85. The molecule has 5 heteroatoms. The van der Waals surface area contributed by atoms with Crippen LogP contribution in [-0.2, 0) is 9.53 Å². The van der Waals surface area contributed by atoms with Gasteiger partial charge in [0.05, 0.1) is 0 Å². The monoisotopic (exact) mass is 269 g/mol. The fourth-order valence-corrected chi connectivity index (χ4v) is 3.26. The van der Waals surface area contributed by atoms with E-state index in [1.807, 2.05) is 0 Å². The highest BCUT2D eigenvalue weighted by Gasteiger charge is 2.48. The van der Waals surface area contributed by atoms with E-state index >= 15 is 0 Å². The van der Waals surface area contributed by atoms with E-state index in [-0.39, 0.29) is 6.04 Å². The lowest BCUT2D eigenvalue weighted by molar-refractivity contribution is -0.142. The number of carboxylic acid groups (broad SMARTS) is 1. The van der Waals surface area contributed by atoms with Crippen molar-refractivity contribution in [1.29, 1.82) is 0 Å². The molecule has 0 aromatic rings. The number of hydrogen-bond acceptors (Lipinski definition) is 3. The van der Waals surface area contributed by atoms with Crippen LogP contribution in [0, 0.1) is 5.92 Å². The minimum Gasteiger partial charge on any atom is -0.480 e. The normalized spacial score (nSPS) is 30.9. The van der Waals surface area contributed by atoms with Gasteiger partial charge in [-0.15, -0.1) is 0 Å². The lowest BCUT2D eigenvalue weighted by Crippen LogP contribution is -2.48. The first kappa shape index (κ1) is 14.2. The molecule has 1 amide bonds. The number of carbonyl (C=O) groups excluding carboxylic acids is 1. The van der Waals surface area contributed by atoms with Gasteiger partial charge in [0.1, 0.15) is 11.6 Å². The fraction of sp³-hybridized carbons (Fsp3) is 0.857. The van der Waals surface area contributed by atoms with Crippen molar-refractivity contribution in [2.24, 2.45) is 5.92 Å². The van der Waals surface area contributed by atoms with Gasteiger partial charge in [0.2, 0.25) is 0 Å². The largest absolute Gasteiger partial charge is 0.480 e. The highest BCUT2D eigenvalue weighted by Crippen LogP contribution is 2.40. The summed E-state index contributed by atoms with van der Waals surface area (Å²) in [6.45, 7) is 5.40. The Kier molecular flexibility index (Phi) is 3.74. The van der Waals surface area contributed by atoms with E-state index in [1.54, 1.807) is 20.8 Å². The van der Waals surface area contributed by atoms with Gasteiger partial charge in [-0.25, -0.2) is 9.59 Å². The van der Waals surface area contributed by atoms with Crippen molar-refractivity contribution in [3.8, 4) is 0 Å². The van der Waals surface area contributed by atoms with E-state index in [9.17, 15) is 14.7 Å². The van der Waals surface area contributed by atoms with Crippen LogP contribution in [0.5, 0.6) is 0 Å². The smallest absolute Gasteiger partial charge is 0.411 e. The first-order chi connectivity index (χ1) is 8.79. The standard InChI is InChI=1S/C14H23NO4/c1-14(2,3)19-13(18)15-10-7-5-4-6-9(10)8-11(15)12(16)17/h9-11H,4-8H2,1-3H3,(H,16,17)/t9-,10+,11+/m1/s1. The predicted octanol–water partition coefficient (Wildman–Crippen LogP) is 2.64. The molecule has 108 valence electrons. The second-order valence-electron chi connectivity index (χ2n) is 6.59. The number of hydrogen-bond donors (Lipinski definition) is 1. The first-order valence-electron chi connectivity index (χ1n) is 7.04. The molecule has 0 radical (unpaired) electrons. The number of rotatable bonds is 1. The van der Waals surface area contributed by atoms with Crippen LogP contribution < -0.4 is 0 Å². The second kappa shape index (κ2) is 5.02. The van der Waals surface area contributed by atoms with Crippen LogP contribution in [0.4, 0.5) is 4.79 Å². The molecule has 0 spiro atoms. The lowest BCUT2D eigenvalue weighted by Gasteiger charge is -2.34. The van der Waals surface area contributed by atoms with Crippen LogP contribution in [0.2, 0.25) is 0 Å². The molecule has 2 fully saturated rings. The number of carbonyl (C=O) groups is 2. The summed E-state index contributed by atoms with van der Waals surface area (Å²) < 4.78 is 5.37. The molecular weight excluding hydrogens is 246 g/mol. The first-order valence-corrected chi connectivity index (χ1v) is 7.04. The molecule has 19 heavy (non-hydrogen) atoms. The molecule has 1 saturated carbocycles. The Bertz CT molecular complexity index is 374. The maximum Gasteiger partial charge on any atom is 0.411 e. The van der Waals surface area contributed by atoms with E-state index in [0.717, 1.165) is 25.7 Å². The van der Waals surface area contributed by atoms with Crippen LogP contribution in [-0.4, -0.2) is 39.8 Å². The molecule has 1 aliphatic carbocycles. The maximum atomic E-state index is 12.3. The summed E-state index contributed by atoms with van der Waals surface area (Å²) >= 11 is 0. The number of ether oxygens (including phenoxy) is 1. The van der Waals surface area contributed by atoms with E-state index < -0.39 is 23.7 Å². The van der Waals surface area contributed by atoms with Gasteiger partial charge in [-0.3, -0.25) is 4.90 Å². The van der Waals surface area contributed by atoms with Gasteiger partial charge in [-0.05, 0) is 46.0 Å². The van der Waals surface area contributed by atoms with Crippen molar-refractivity contribution in [3.05, 3.63) is 0 Å². The van der Waals surface area contributed by atoms with Gasteiger partial charge < -0.3 is 9.84 Å². The van der Waals surface area contributed by atoms with Crippen molar-refractivity contribution in [1.82, 2.24) is 4.90 Å². The van der Waals surface area contributed by atoms with Crippen LogP contribution >= 0.6 is 0 Å². The Morgan fingerprint density at radius 1 is 1.21 bits per heavy atom. The third-order valence-corrected chi connectivity index (χ3v) is 3.98. The molecule has 1 N–H and O–H groups in total. The van der Waals surface area contributed by atoms with Gasteiger partial charge in [-0.2, -0.15) is 0 Å². The summed E-state index contributed by atoms with van der Waals surface area (Å²) in [6.07, 6.45) is 4.21. The molecule has 2 aliphatic rings. The van der Waals surface area contributed by atoms with Crippen LogP contribution in [0.3, 0.4) is 0 Å². The number of amides is 1. The van der Waals surface area contributed by atoms with Gasteiger partial charge in [0.25, 0.3) is 0 Å². The number of fused-ring (bicyclic) bond motifs is 1. The third kappa shape index (κ3) is 3.01. The number of likely N-dealkylation sites (tertiary alicyclic amines) is 1. The zero-order chi connectivity index (χ0) is 14.2. The van der Waals surface area contributed by atoms with Crippen molar-refractivity contribution in [3.63, 3.8) is 0 Å². The Morgan fingerprint density at radius 2 is 1.84 bits per heavy atom. The minimum absolute atomic E-state index is 0.0460. The maximum absolute atomic E-state index is 12.3. The van der Waals surface area contributed by atoms with Gasteiger partial charge in [0, 0.05) is 6.04 Å².